The first-order valence-electron chi connectivity index (χ1n) is 6.35. The molecule has 5 nitrogen and oxygen atoms in total. The van der Waals surface area contributed by atoms with Gasteiger partial charge in [0.2, 0.25) is 0 Å². The highest BCUT2D eigenvalue weighted by Gasteiger charge is 2.53. The normalized spacial score (nSPS) is 21.2. The van der Waals surface area contributed by atoms with E-state index in [1.165, 1.54) is 0 Å². The van der Waals surface area contributed by atoms with E-state index < -0.39 is 5.54 Å². The van der Waals surface area contributed by atoms with Gasteiger partial charge >= 0.3 is 6.03 Å². The molecule has 3 rings (SSSR count). The number of halogens is 1. The van der Waals surface area contributed by atoms with Gasteiger partial charge in [-0.15, -0.1) is 0 Å². The monoisotopic (exact) mass is 279 g/mol. The van der Waals surface area contributed by atoms with E-state index in [0.717, 1.165) is 31.2 Å². The number of nitrogens with one attached hydrogen (secondary N) is 1. The highest BCUT2D eigenvalue weighted by molar-refractivity contribution is 6.31. The van der Waals surface area contributed by atoms with E-state index in [0.29, 0.717) is 11.6 Å². The lowest BCUT2D eigenvalue weighted by Gasteiger charge is -2.31. The van der Waals surface area contributed by atoms with E-state index >= 15 is 0 Å². The van der Waals surface area contributed by atoms with Crippen molar-refractivity contribution in [2.75, 3.05) is 0 Å². The highest BCUT2D eigenvalue weighted by Crippen LogP contribution is 2.39. The van der Waals surface area contributed by atoms with Crippen LogP contribution in [0.3, 0.4) is 0 Å². The fourth-order valence-corrected chi connectivity index (χ4v) is 3.16. The number of nitrogens with zero attached hydrogens (tertiary/aromatic N) is 2. The summed E-state index contributed by atoms with van der Waals surface area (Å²) < 4.78 is 0. The molecule has 1 aliphatic carbocycles. The van der Waals surface area contributed by atoms with Gasteiger partial charge in [-0.3, -0.25) is 15.1 Å². The number of pyridine rings is 1. The lowest BCUT2D eigenvalue weighted by molar-refractivity contribution is -0.126. The number of carbonyl (C=O) groups is 2. The summed E-state index contributed by atoms with van der Waals surface area (Å²) in [4.78, 5) is 29.6. The zero-order chi connectivity index (χ0) is 13.5. The van der Waals surface area contributed by atoms with Gasteiger partial charge in [0.05, 0.1) is 11.6 Å². The molecule has 2 fully saturated rings. The number of imide groups is 1. The maximum atomic E-state index is 12.1. The Labute approximate surface area is 115 Å². The second-order valence-electron chi connectivity index (χ2n) is 5.05. The second kappa shape index (κ2) is 4.49. The fourth-order valence-electron chi connectivity index (χ4n) is 2.98. The molecular weight excluding hydrogens is 266 g/mol. The van der Waals surface area contributed by atoms with Crippen molar-refractivity contribution in [1.29, 1.82) is 0 Å². The van der Waals surface area contributed by atoms with Crippen molar-refractivity contribution in [3.63, 3.8) is 0 Å². The lowest BCUT2D eigenvalue weighted by Crippen LogP contribution is -2.46. The van der Waals surface area contributed by atoms with Crippen LogP contribution in [0, 0.1) is 0 Å². The molecule has 1 aromatic rings. The second-order valence-corrected chi connectivity index (χ2v) is 5.46. The Bertz CT molecular complexity index is 540. The molecule has 2 heterocycles. The Morgan fingerprint density at radius 3 is 2.79 bits per heavy atom. The van der Waals surface area contributed by atoms with Crippen LogP contribution in [0.1, 0.15) is 31.2 Å². The number of amides is 3. The van der Waals surface area contributed by atoms with Gasteiger partial charge in [0.15, 0.2) is 0 Å². The summed E-state index contributed by atoms with van der Waals surface area (Å²) >= 11 is 6.08. The Morgan fingerprint density at radius 2 is 2.11 bits per heavy atom. The molecule has 1 saturated heterocycles. The van der Waals surface area contributed by atoms with Crippen LogP contribution in [-0.2, 0) is 11.3 Å². The third kappa shape index (κ3) is 1.89. The predicted octanol–water partition coefficient (Wildman–Crippen LogP) is 2.10. The van der Waals surface area contributed by atoms with Crippen LogP contribution >= 0.6 is 11.6 Å². The Morgan fingerprint density at radius 1 is 1.37 bits per heavy atom. The van der Waals surface area contributed by atoms with E-state index in [1.54, 1.807) is 23.4 Å². The van der Waals surface area contributed by atoms with Gasteiger partial charge in [0.25, 0.3) is 5.91 Å². The standard InChI is InChI=1S/C13H14ClN3O2/c14-10-7-15-6-3-9(10)8-17-12(19)16-11(18)13(17)4-1-2-5-13/h3,6-7H,1-2,4-5,8H2,(H,16,18,19). The summed E-state index contributed by atoms with van der Waals surface area (Å²) in [5, 5.41) is 2.95. The molecule has 1 aromatic heterocycles. The van der Waals surface area contributed by atoms with Crippen molar-refractivity contribution in [3.8, 4) is 0 Å². The smallest absolute Gasteiger partial charge is 0.305 e. The average Bonchev–Trinajstić information content (AvgIpc) is 2.95. The Balaban J connectivity index is 1.92. The zero-order valence-electron chi connectivity index (χ0n) is 10.4. The van der Waals surface area contributed by atoms with Gasteiger partial charge in [-0.1, -0.05) is 24.4 Å². The van der Waals surface area contributed by atoms with E-state index in [1.807, 2.05) is 0 Å². The number of urea groups is 1. The molecule has 19 heavy (non-hydrogen) atoms. The van der Waals surface area contributed by atoms with E-state index in [2.05, 4.69) is 10.3 Å². The molecule has 0 bridgehead atoms. The predicted molar refractivity (Wildman–Crippen MR) is 69.5 cm³/mol. The third-order valence-corrected chi connectivity index (χ3v) is 4.36. The molecular formula is C13H14ClN3O2. The van der Waals surface area contributed by atoms with Crippen LogP contribution in [0.4, 0.5) is 4.79 Å². The summed E-state index contributed by atoms with van der Waals surface area (Å²) in [7, 11) is 0. The van der Waals surface area contributed by atoms with Crippen molar-refractivity contribution < 1.29 is 9.59 Å². The molecule has 0 radical (unpaired) electrons. The van der Waals surface area contributed by atoms with Crippen LogP contribution in [0.15, 0.2) is 18.5 Å². The van der Waals surface area contributed by atoms with Crippen molar-refractivity contribution in [2.24, 2.45) is 0 Å². The summed E-state index contributed by atoms with van der Waals surface area (Å²) in [5.74, 6) is -0.167. The van der Waals surface area contributed by atoms with Gasteiger partial charge in [-0.2, -0.15) is 0 Å². The number of carbonyl (C=O) groups excluding carboxylic acids is 2. The Hall–Kier alpha value is -1.62. The molecule has 100 valence electrons. The minimum absolute atomic E-state index is 0.167. The van der Waals surface area contributed by atoms with Gasteiger partial charge in [-0.05, 0) is 24.5 Å². The van der Waals surface area contributed by atoms with Crippen molar-refractivity contribution in [2.45, 2.75) is 37.8 Å². The van der Waals surface area contributed by atoms with Gasteiger partial charge in [-0.25, -0.2) is 4.79 Å². The molecule has 1 spiro atoms. The molecule has 1 aliphatic heterocycles. The first-order valence-corrected chi connectivity index (χ1v) is 6.73. The summed E-state index contributed by atoms with van der Waals surface area (Å²) in [6.45, 7) is 0.346. The zero-order valence-corrected chi connectivity index (χ0v) is 11.1. The van der Waals surface area contributed by atoms with E-state index in [4.69, 9.17) is 11.6 Å². The summed E-state index contributed by atoms with van der Waals surface area (Å²) in [6.07, 6.45) is 6.59. The topological polar surface area (TPSA) is 62.3 Å². The minimum atomic E-state index is -0.663. The van der Waals surface area contributed by atoms with Crippen molar-refractivity contribution >= 4 is 23.5 Å². The molecule has 0 unspecified atom stereocenters. The van der Waals surface area contributed by atoms with Crippen LogP contribution < -0.4 is 5.32 Å². The van der Waals surface area contributed by atoms with Crippen LogP contribution in [0.25, 0.3) is 0 Å². The Kier molecular flexibility index (Phi) is 2.93. The van der Waals surface area contributed by atoms with Gasteiger partial charge in [0.1, 0.15) is 5.54 Å². The molecule has 2 aliphatic rings. The maximum absolute atomic E-state index is 12.1. The van der Waals surface area contributed by atoms with Crippen LogP contribution in [0.5, 0.6) is 0 Å². The molecule has 0 atom stereocenters. The number of aromatic nitrogens is 1. The molecule has 3 amide bonds. The number of hydrogen-bond donors (Lipinski definition) is 1. The number of hydrogen-bond acceptors (Lipinski definition) is 3. The molecule has 1 saturated carbocycles. The van der Waals surface area contributed by atoms with Crippen molar-refractivity contribution in [1.82, 2.24) is 15.2 Å². The van der Waals surface area contributed by atoms with Gasteiger partial charge < -0.3 is 4.90 Å². The first kappa shape index (κ1) is 12.4. The first-order chi connectivity index (χ1) is 9.13. The third-order valence-electron chi connectivity index (χ3n) is 4.02. The van der Waals surface area contributed by atoms with E-state index in [-0.39, 0.29) is 11.9 Å². The lowest BCUT2D eigenvalue weighted by atomic mass is 9.95. The van der Waals surface area contributed by atoms with E-state index in [9.17, 15) is 9.59 Å². The largest absolute Gasteiger partial charge is 0.325 e. The average molecular weight is 280 g/mol. The summed E-state index contributed by atoms with van der Waals surface area (Å²) in [6, 6.07) is 1.46. The molecule has 0 aromatic carbocycles. The number of rotatable bonds is 2. The molecule has 1 N–H and O–H groups in total. The molecule has 6 heteroatoms. The van der Waals surface area contributed by atoms with Crippen LogP contribution in [0.2, 0.25) is 5.02 Å². The quantitative estimate of drug-likeness (QED) is 0.843. The van der Waals surface area contributed by atoms with Gasteiger partial charge in [0, 0.05) is 12.4 Å². The minimum Gasteiger partial charge on any atom is -0.305 e. The van der Waals surface area contributed by atoms with Crippen LogP contribution in [-0.4, -0.2) is 27.4 Å². The fraction of sp³-hybridized carbons (Fsp3) is 0.462. The SMILES string of the molecule is O=C1NC(=O)C2(CCCC2)N1Cc1ccncc1Cl. The highest BCUT2D eigenvalue weighted by atomic mass is 35.5. The van der Waals surface area contributed by atoms with Crippen molar-refractivity contribution in [3.05, 3.63) is 29.0 Å². The maximum Gasteiger partial charge on any atom is 0.325 e. The summed E-state index contributed by atoms with van der Waals surface area (Å²) in [5.41, 5.74) is 0.150.